The van der Waals surface area contributed by atoms with E-state index in [1.54, 1.807) is 19.9 Å². The molecule has 0 radical (unpaired) electrons. The van der Waals surface area contributed by atoms with Gasteiger partial charge in [-0.05, 0) is 54.8 Å². The van der Waals surface area contributed by atoms with Crippen molar-refractivity contribution in [3.8, 4) is 5.75 Å². The number of hydrogen-bond acceptors (Lipinski definition) is 5. The van der Waals surface area contributed by atoms with E-state index in [1.807, 2.05) is 0 Å². The minimum Gasteiger partial charge on any atom is -0.508 e. The second-order valence-corrected chi connectivity index (χ2v) is 5.01. The van der Waals surface area contributed by atoms with Gasteiger partial charge in [-0.2, -0.15) is 0 Å². The van der Waals surface area contributed by atoms with Crippen LogP contribution in [0.5, 0.6) is 5.75 Å². The summed E-state index contributed by atoms with van der Waals surface area (Å²) in [5.41, 5.74) is 2.60. The third-order valence-corrected chi connectivity index (χ3v) is 3.51. The number of nitrogens with one attached hydrogen (secondary N) is 1. The molecule has 23 heavy (non-hydrogen) atoms. The largest absolute Gasteiger partial charge is 0.508 e. The van der Waals surface area contributed by atoms with Gasteiger partial charge in [0, 0.05) is 17.8 Å². The van der Waals surface area contributed by atoms with Crippen molar-refractivity contribution in [2.45, 2.75) is 20.5 Å². The van der Waals surface area contributed by atoms with Gasteiger partial charge in [0.2, 0.25) is 0 Å². The summed E-state index contributed by atoms with van der Waals surface area (Å²) < 4.78 is 5.08. The number of phenols is 1. The van der Waals surface area contributed by atoms with Crippen molar-refractivity contribution >= 4 is 17.5 Å². The van der Waals surface area contributed by atoms with Crippen LogP contribution in [-0.4, -0.2) is 16.1 Å². The number of amides is 1. The smallest absolute Gasteiger partial charge is 0.411 e. The summed E-state index contributed by atoms with van der Waals surface area (Å²) in [5.74, 6) is 0.160. The van der Waals surface area contributed by atoms with E-state index in [0.29, 0.717) is 16.8 Å². The zero-order chi connectivity index (χ0) is 17.0. The standard InChI is InChI=1S/C16H16N2O5/c1-10-11(2)15(19)8-7-14(10)17-16(20)23-9-12-3-5-13(6-4-12)18(21)22/h3-8,19H,9H2,1-2H3,(H,17,20). The van der Waals surface area contributed by atoms with Gasteiger partial charge in [0.15, 0.2) is 0 Å². The van der Waals surface area contributed by atoms with Gasteiger partial charge in [0.1, 0.15) is 12.4 Å². The van der Waals surface area contributed by atoms with Crippen LogP contribution < -0.4 is 5.32 Å². The Morgan fingerprint density at radius 1 is 1.17 bits per heavy atom. The van der Waals surface area contributed by atoms with Crippen molar-refractivity contribution in [2.75, 3.05) is 5.32 Å². The molecule has 2 N–H and O–H groups in total. The fourth-order valence-electron chi connectivity index (χ4n) is 1.95. The quantitative estimate of drug-likeness (QED) is 0.509. The second-order valence-electron chi connectivity index (χ2n) is 5.01. The van der Waals surface area contributed by atoms with Crippen molar-refractivity contribution in [1.82, 2.24) is 0 Å². The summed E-state index contributed by atoms with van der Waals surface area (Å²) in [6.45, 7) is 3.53. The maximum Gasteiger partial charge on any atom is 0.411 e. The van der Waals surface area contributed by atoms with E-state index < -0.39 is 11.0 Å². The van der Waals surface area contributed by atoms with Crippen molar-refractivity contribution in [3.05, 3.63) is 63.2 Å². The zero-order valence-electron chi connectivity index (χ0n) is 12.7. The minimum atomic E-state index is -0.642. The van der Waals surface area contributed by atoms with Gasteiger partial charge < -0.3 is 9.84 Å². The molecule has 1 amide bonds. The highest BCUT2D eigenvalue weighted by Gasteiger charge is 2.10. The molecule has 0 aliphatic heterocycles. The number of carbonyl (C=O) groups is 1. The van der Waals surface area contributed by atoms with Crippen LogP contribution in [0.1, 0.15) is 16.7 Å². The van der Waals surface area contributed by atoms with E-state index in [4.69, 9.17) is 4.74 Å². The first-order valence-corrected chi connectivity index (χ1v) is 6.84. The first-order valence-electron chi connectivity index (χ1n) is 6.84. The Morgan fingerprint density at radius 2 is 1.83 bits per heavy atom. The highest BCUT2D eigenvalue weighted by atomic mass is 16.6. The second kappa shape index (κ2) is 6.78. The Kier molecular flexibility index (Phi) is 4.80. The molecule has 2 aromatic carbocycles. The van der Waals surface area contributed by atoms with Crippen molar-refractivity contribution in [2.24, 2.45) is 0 Å². The number of non-ortho nitro benzene ring substituents is 1. The predicted octanol–water partition coefficient (Wildman–Crippen LogP) is 3.67. The summed E-state index contributed by atoms with van der Waals surface area (Å²) in [6.07, 6.45) is -0.642. The van der Waals surface area contributed by atoms with E-state index in [9.17, 15) is 20.0 Å². The number of rotatable bonds is 4. The molecule has 0 heterocycles. The summed E-state index contributed by atoms with van der Waals surface area (Å²) >= 11 is 0. The molecule has 0 unspecified atom stereocenters. The molecule has 2 rings (SSSR count). The molecule has 0 saturated carbocycles. The van der Waals surface area contributed by atoms with Gasteiger partial charge in [-0.1, -0.05) is 0 Å². The number of ether oxygens (including phenoxy) is 1. The van der Waals surface area contributed by atoms with Gasteiger partial charge in [-0.15, -0.1) is 0 Å². The van der Waals surface area contributed by atoms with Crippen molar-refractivity contribution < 1.29 is 19.6 Å². The van der Waals surface area contributed by atoms with Crippen LogP contribution in [0.25, 0.3) is 0 Å². The van der Waals surface area contributed by atoms with Crippen molar-refractivity contribution in [1.29, 1.82) is 0 Å². The summed E-state index contributed by atoms with van der Waals surface area (Å²) in [6, 6.07) is 8.84. The van der Waals surface area contributed by atoms with Crippen LogP contribution in [0, 0.1) is 24.0 Å². The summed E-state index contributed by atoms with van der Waals surface area (Å²) in [7, 11) is 0. The number of hydrogen-bond donors (Lipinski definition) is 2. The van der Waals surface area contributed by atoms with Crippen LogP contribution in [0.15, 0.2) is 36.4 Å². The molecule has 7 nitrogen and oxygen atoms in total. The maximum absolute atomic E-state index is 11.8. The highest BCUT2D eigenvalue weighted by Crippen LogP contribution is 2.26. The van der Waals surface area contributed by atoms with Gasteiger partial charge in [-0.3, -0.25) is 15.4 Å². The number of anilines is 1. The number of phenolic OH excluding ortho intramolecular Hbond substituents is 1. The zero-order valence-corrected chi connectivity index (χ0v) is 12.7. The Labute approximate surface area is 132 Å². The van der Waals surface area contributed by atoms with Crippen LogP contribution in [0.2, 0.25) is 0 Å². The fourth-order valence-corrected chi connectivity index (χ4v) is 1.95. The van der Waals surface area contributed by atoms with Crippen LogP contribution >= 0.6 is 0 Å². The Balaban J connectivity index is 1.95. The number of nitro groups is 1. The van der Waals surface area contributed by atoms with Gasteiger partial charge >= 0.3 is 6.09 Å². The van der Waals surface area contributed by atoms with Gasteiger partial charge in [0.25, 0.3) is 5.69 Å². The lowest BCUT2D eigenvalue weighted by atomic mass is 10.1. The third kappa shape index (κ3) is 3.97. The number of benzene rings is 2. The number of carbonyl (C=O) groups excluding carboxylic acids is 1. The monoisotopic (exact) mass is 316 g/mol. The molecule has 0 atom stereocenters. The number of aromatic hydroxyl groups is 1. The molecular formula is C16H16N2O5. The number of nitro benzene ring substituents is 1. The average molecular weight is 316 g/mol. The minimum absolute atomic E-state index is 0.0000586. The average Bonchev–Trinajstić information content (AvgIpc) is 2.54. The first-order chi connectivity index (χ1) is 10.9. The predicted molar refractivity (Wildman–Crippen MR) is 84.5 cm³/mol. The fraction of sp³-hybridized carbons (Fsp3) is 0.188. The van der Waals surface area contributed by atoms with E-state index in [0.717, 1.165) is 5.56 Å². The topological polar surface area (TPSA) is 102 Å². The van der Waals surface area contributed by atoms with E-state index in [-0.39, 0.29) is 18.0 Å². The summed E-state index contributed by atoms with van der Waals surface area (Å²) in [5, 5.41) is 22.7. The highest BCUT2D eigenvalue weighted by molar-refractivity contribution is 5.86. The molecule has 0 aliphatic rings. The first kappa shape index (κ1) is 16.3. The van der Waals surface area contributed by atoms with Gasteiger partial charge in [0.05, 0.1) is 4.92 Å². The molecule has 0 aliphatic carbocycles. The van der Waals surface area contributed by atoms with Crippen LogP contribution in [0.4, 0.5) is 16.2 Å². The summed E-state index contributed by atoms with van der Waals surface area (Å²) in [4.78, 5) is 21.9. The molecule has 0 saturated heterocycles. The van der Waals surface area contributed by atoms with Crippen molar-refractivity contribution in [3.63, 3.8) is 0 Å². The molecule has 0 aromatic heterocycles. The molecule has 2 aromatic rings. The normalized spacial score (nSPS) is 10.2. The Hall–Kier alpha value is -3.09. The Bertz CT molecular complexity index is 741. The van der Waals surface area contributed by atoms with E-state index in [1.165, 1.54) is 30.3 Å². The molecule has 0 bridgehead atoms. The third-order valence-electron chi connectivity index (χ3n) is 3.51. The molecule has 0 spiro atoms. The van der Waals surface area contributed by atoms with Gasteiger partial charge in [-0.25, -0.2) is 4.79 Å². The lowest BCUT2D eigenvalue weighted by molar-refractivity contribution is -0.384. The maximum atomic E-state index is 11.8. The lowest BCUT2D eigenvalue weighted by Gasteiger charge is -2.12. The van der Waals surface area contributed by atoms with Crippen LogP contribution in [0.3, 0.4) is 0 Å². The van der Waals surface area contributed by atoms with E-state index in [2.05, 4.69) is 5.32 Å². The molecule has 120 valence electrons. The lowest BCUT2D eigenvalue weighted by Crippen LogP contribution is -2.14. The molecule has 0 fully saturated rings. The van der Waals surface area contributed by atoms with E-state index >= 15 is 0 Å². The molecule has 7 heteroatoms. The van der Waals surface area contributed by atoms with Crippen LogP contribution in [-0.2, 0) is 11.3 Å². The molecular weight excluding hydrogens is 300 g/mol. The SMILES string of the molecule is Cc1c(O)ccc(NC(=O)OCc2ccc([N+](=O)[O-])cc2)c1C. The Morgan fingerprint density at radius 3 is 2.43 bits per heavy atom. The number of nitrogens with zero attached hydrogens (tertiary/aromatic N) is 1.